The van der Waals surface area contributed by atoms with E-state index < -0.39 is 0 Å². The van der Waals surface area contributed by atoms with Gasteiger partial charge < -0.3 is 10.2 Å². The SMILES string of the molecule is CCCN(C)CCC(=O)NC. The van der Waals surface area contributed by atoms with Crippen LogP contribution in [-0.2, 0) is 4.79 Å². The van der Waals surface area contributed by atoms with Gasteiger partial charge in [0.1, 0.15) is 0 Å². The summed E-state index contributed by atoms with van der Waals surface area (Å²) in [5, 5.41) is 2.60. The van der Waals surface area contributed by atoms with Crippen molar-refractivity contribution < 1.29 is 4.79 Å². The molecule has 0 aliphatic carbocycles. The van der Waals surface area contributed by atoms with Crippen LogP contribution in [0.3, 0.4) is 0 Å². The van der Waals surface area contributed by atoms with E-state index in [0.29, 0.717) is 6.42 Å². The smallest absolute Gasteiger partial charge is 0.221 e. The highest BCUT2D eigenvalue weighted by atomic mass is 16.1. The summed E-state index contributed by atoms with van der Waals surface area (Å²) in [6.45, 7) is 4.06. The lowest BCUT2D eigenvalue weighted by Gasteiger charge is -2.13. The van der Waals surface area contributed by atoms with Crippen LogP contribution in [0.4, 0.5) is 0 Å². The molecule has 0 spiro atoms. The van der Waals surface area contributed by atoms with Crippen LogP contribution in [0, 0.1) is 0 Å². The average Bonchev–Trinajstić information content (AvgIpc) is 2.01. The molecular weight excluding hydrogens is 140 g/mol. The maximum Gasteiger partial charge on any atom is 0.221 e. The molecule has 0 aliphatic heterocycles. The average molecular weight is 158 g/mol. The van der Waals surface area contributed by atoms with E-state index in [1.165, 1.54) is 0 Å². The standard InChI is InChI=1S/C8H18N2O/c1-4-6-10(3)7-5-8(11)9-2/h4-7H2,1-3H3,(H,9,11). The van der Waals surface area contributed by atoms with E-state index >= 15 is 0 Å². The molecule has 0 unspecified atom stereocenters. The molecule has 0 aromatic heterocycles. The number of rotatable bonds is 5. The molecule has 1 amide bonds. The van der Waals surface area contributed by atoms with Crippen molar-refractivity contribution in [3.63, 3.8) is 0 Å². The highest BCUT2D eigenvalue weighted by Crippen LogP contribution is 1.88. The Morgan fingerprint density at radius 3 is 2.55 bits per heavy atom. The predicted octanol–water partition coefficient (Wildman–Crippen LogP) is 0.464. The van der Waals surface area contributed by atoms with Crippen molar-refractivity contribution >= 4 is 5.91 Å². The van der Waals surface area contributed by atoms with Crippen LogP contribution in [0.2, 0.25) is 0 Å². The Hall–Kier alpha value is -0.570. The van der Waals surface area contributed by atoms with E-state index in [1.807, 2.05) is 7.05 Å². The first kappa shape index (κ1) is 10.4. The van der Waals surface area contributed by atoms with E-state index in [-0.39, 0.29) is 5.91 Å². The van der Waals surface area contributed by atoms with Crippen molar-refractivity contribution in [1.29, 1.82) is 0 Å². The largest absolute Gasteiger partial charge is 0.359 e. The molecule has 0 rings (SSSR count). The lowest BCUT2D eigenvalue weighted by Crippen LogP contribution is -2.26. The number of nitrogens with one attached hydrogen (secondary N) is 1. The quantitative estimate of drug-likeness (QED) is 0.630. The van der Waals surface area contributed by atoms with Gasteiger partial charge in [0, 0.05) is 20.0 Å². The highest BCUT2D eigenvalue weighted by Gasteiger charge is 2.00. The summed E-state index contributed by atoms with van der Waals surface area (Å²) in [5.41, 5.74) is 0. The second-order valence-corrected chi connectivity index (χ2v) is 2.73. The Labute approximate surface area is 68.8 Å². The van der Waals surface area contributed by atoms with Crippen LogP contribution in [0.25, 0.3) is 0 Å². The molecule has 3 nitrogen and oxygen atoms in total. The second-order valence-electron chi connectivity index (χ2n) is 2.73. The summed E-state index contributed by atoms with van der Waals surface area (Å²) in [6, 6.07) is 0. The van der Waals surface area contributed by atoms with E-state index in [9.17, 15) is 4.79 Å². The lowest BCUT2D eigenvalue weighted by molar-refractivity contribution is -0.120. The van der Waals surface area contributed by atoms with Gasteiger partial charge in [-0.1, -0.05) is 6.92 Å². The Morgan fingerprint density at radius 1 is 1.45 bits per heavy atom. The van der Waals surface area contributed by atoms with Crippen molar-refractivity contribution in [2.45, 2.75) is 19.8 Å². The van der Waals surface area contributed by atoms with Gasteiger partial charge in [-0.3, -0.25) is 4.79 Å². The summed E-state index contributed by atoms with van der Waals surface area (Å²) in [5.74, 6) is 0.118. The molecule has 0 aromatic rings. The lowest BCUT2D eigenvalue weighted by atomic mass is 10.3. The zero-order valence-corrected chi connectivity index (χ0v) is 7.68. The van der Waals surface area contributed by atoms with Gasteiger partial charge >= 0.3 is 0 Å². The first-order valence-electron chi connectivity index (χ1n) is 4.09. The summed E-state index contributed by atoms with van der Waals surface area (Å²) in [4.78, 5) is 12.9. The Kier molecular flexibility index (Phi) is 5.84. The molecule has 0 atom stereocenters. The van der Waals surface area contributed by atoms with E-state index in [0.717, 1.165) is 19.5 Å². The first-order valence-corrected chi connectivity index (χ1v) is 4.09. The van der Waals surface area contributed by atoms with E-state index in [2.05, 4.69) is 17.1 Å². The molecule has 0 bridgehead atoms. The molecule has 0 aromatic carbocycles. The number of carbonyl (C=O) groups excluding carboxylic acids is 1. The maximum atomic E-state index is 10.8. The molecule has 1 N–H and O–H groups in total. The molecule has 0 radical (unpaired) electrons. The number of nitrogens with zero attached hydrogens (tertiary/aromatic N) is 1. The third-order valence-electron chi connectivity index (χ3n) is 1.60. The van der Waals surface area contributed by atoms with Crippen molar-refractivity contribution in [2.24, 2.45) is 0 Å². The molecule has 0 saturated carbocycles. The Balaban J connectivity index is 3.29. The van der Waals surface area contributed by atoms with Gasteiger partial charge in [0.15, 0.2) is 0 Å². The molecule has 3 heteroatoms. The zero-order valence-electron chi connectivity index (χ0n) is 7.68. The molecule has 11 heavy (non-hydrogen) atoms. The van der Waals surface area contributed by atoms with Gasteiger partial charge in [0.2, 0.25) is 5.91 Å². The fourth-order valence-corrected chi connectivity index (χ4v) is 0.911. The summed E-state index contributed by atoms with van der Waals surface area (Å²) >= 11 is 0. The van der Waals surface area contributed by atoms with Gasteiger partial charge in [0.05, 0.1) is 0 Å². The van der Waals surface area contributed by atoms with Crippen molar-refractivity contribution in [3.8, 4) is 0 Å². The molecule has 0 aliphatic rings. The topological polar surface area (TPSA) is 32.3 Å². The third-order valence-corrected chi connectivity index (χ3v) is 1.60. The minimum atomic E-state index is 0.118. The number of hydrogen-bond donors (Lipinski definition) is 1. The third kappa shape index (κ3) is 5.85. The van der Waals surface area contributed by atoms with Gasteiger partial charge in [-0.2, -0.15) is 0 Å². The van der Waals surface area contributed by atoms with Crippen LogP contribution in [0.1, 0.15) is 19.8 Å². The van der Waals surface area contributed by atoms with Gasteiger partial charge in [-0.25, -0.2) is 0 Å². The molecular formula is C8H18N2O. The molecule has 0 saturated heterocycles. The summed E-state index contributed by atoms with van der Waals surface area (Å²) in [6.07, 6.45) is 1.75. The molecule has 66 valence electrons. The van der Waals surface area contributed by atoms with Gasteiger partial charge in [-0.05, 0) is 20.0 Å². The zero-order chi connectivity index (χ0) is 8.69. The van der Waals surface area contributed by atoms with Crippen LogP contribution < -0.4 is 5.32 Å². The minimum absolute atomic E-state index is 0.118. The van der Waals surface area contributed by atoms with E-state index in [1.54, 1.807) is 7.05 Å². The van der Waals surface area contributed by atoms with Gasteiger partial charge in [-0.15, -0.1) is 0 Å². The fourth-order valence-electron chi connectivity index (χ4n) is 0.911. The Bertz CT molecular complexity index is 115. The molecule has 0 heterocycles. The maximum absolute atomic E-state index is 10.8. The van der Waals surface area contributed by atoms with Crippen LogP contribution >= 0.6 is 0 Å². The van der Waals surface area contributed by atoms with Crippen LogP contribution in [0.15, 0.2) is 0 Å². The number of carbonyl (C=O) groups is 1. The fraction of sp³-hybridized carbons (Fsp3) is 0.875. The first-order chi connectivity index (χ1) is 5.20. The number of amides is 1. The summed E-state index contributed by atoms with van der Waals surface area (Å²) < 4.78 is 0. The summed E-state index contributed by atoms with van der Waals surface area (Å²) in [7, 11) is 3.70. The van der Waals surface area contributed by atoms with Crippen LogP contribution in [-0.4, -0.2) is 38.0 Å². The second kappa shape index (κ2) is 6.16. The molecule has 0 fully saturated rings. The van der Waals surface area contributed by atoms with Crippen LogP contribution in [0.5, 0.6) is 0 Å². The van der Waals surface area contributed by atoms with Crippen molar-refractivity contribution in [3.05, 3.63) is 0 Å². The Morgan fingerprint density at radius 2 is 2.09 bits per heavy atom. The number of hydrogen-bond acceptors (Lipinski definition) is 2. The van der Waals surface area contributed by atoms with Gasteiger partial charge in [0.25, 0.3) is 0 Å². The minimum Gasteiger partial charge on any atom is -0.359 e. The normalized spacial score (nSPS) is 10.2. The monoisotopic (exact) mass is 158 g/mol. The van der Waals surface area contributed by atoms with Crippen molar-refractivity contribution in [2.75, 3.05) is 27.2 Å². The van der Waals surface area contributed by atoms with Crippen molar-refractivity contribution in [1.82, 2.24) is 10.2 Å². The predicted molar refractivity (Wildman–Crippen MR) is 46.5 cm³/mol. The van der Waals surface area contributed by atoms with E-state index in [4.69, 9.17) is 0 Å². The highest BCUT2D eigenvalue weighted by molar-refractivity contribution is 5.75.